The number of carboxylic acid groups (broad SMARTS) is 1. The molecular weight excluding hydrogens is 171 g/mol. The molecule has 62 valence electrons. The Morgan fingerprint density at radius 3 is 2.09 bits per heavy atom. The van der Waals surface area contributed by atoms with Crippen molar-refractivity contribution in [3.8, 4) is 0 Å². The fraction of sp³-hybridized carbons (Fsp3) is 0.400. The van der Waals surface area contributed by atoms with E-state index in [0.717, 1.165) is 0 Å². The van der Waals surface area contributed by atoms with Crippen LogP contribution >= 0.6 is 8.03 Å². The molecule has 0 aliphatic heterocycles. The number of allylic oxidation sites excluding steroid dienone is 1. The van der Waals surface area contributed by atoms with Gasteiger partial charge < -0.3 is 15.1 Å². The highest BCUT2D eigenvalue weighted by Gasteiger charge is 2.21. The van der Waals surface area contributed by atoms with Gasteiger partial charge in [0.2, 0.25) is 5.31 Å². The Morgan fingerprint density at radius 2 is 2.00 bits per heavy atom. The summed E-state index contributed by atoms with van der Waals surface area (Å²) in [6, 6.07) is 0. The van der Waals surface area contributed by atoms with Gasteiger partial charge in [0.1, 0.15) is 0 Å². The second-order valence-electron chi connectivity index (χ2n) is 1.71. The van der Waals surface area contributed by atoms with Crippen LogP contribution in [0, 0.1) is 0 Å². The van der Waals surface area contributed by atoms with E-state index < -0.39 is 25.1 Å². The predicted octanol–water partition coefficient (Wildman–Crippen LogP) is 0.353. The monoisotopic (exact) mass is 178 g/mol. The molecule has 0 spiro atoms. The van der Waals surface area contributed by atoms with Crippen molar-refractivity contribution in [3.05, 3.63) is 11.1 Å². The third kappa shape index (κ3) is 2.65. The van der Waals surface area contributed by atoms with Crippen LogP contribution in [0.4, 0.5) is 0 Å². The summed E-state index contributed by atoms with van der Waals surface area (Å²) in [6.45, 7) is 1.44. The zero-order valence-electron chi connectivity index (χ0n) is 5.77. The quantitative estimate of drug-likeness (QED) is 0.369. The van der Waals surface area contributed by atoms with Gasteiger partial charge in [0.25, 0.3) is 5.76 Å². The van der Waals surface area contributed by atoms with Crippen molar-refractivity contribution in [2.45, 2.75) is 13.3 Å². The highest BCUT2D eigenvalue weighted by atomic mass is 31.1. The third-order valence-corrected chi connectivity index (χ3v) is 2.00. The molecule has 0 fully saturated rings. The lowest BCUT2D eigenvalue weighted by Crippen LogP contribution is -2.04. The number of aliphatic hydroxyl groups is 1. The second-order valence-corrected chi connectivity index (χ2v) is 2.77. The predicted molar refractivity (Wildman–Crippen MR) is 35.2 cm³/mol. The number of rotatable bonds is 3. The SMILES string of the molecule is CC/C(=C(\O)C(=O)O)[P+](=O)[O-]. The van der Waals surface area contributed by atoms with E-state index in [9.17, 15) is 14.3 Å². The number of hydrogen-bond donors (Lipinski definition) is 2. The first-order valence-corrected chi connectivity index (χ1v) is 3.98. The molecule has 0 bridgehead atoms. The van der Waals surface area contributed by atoms with E-state index in [-0.39, 0.29) is 6.42 Å². The molecule has 6 heteroatoms. The van der Waals surface area contributed by atoms with Crippen molar-refractivity contribution in [2.24, 2.45) is 0 Å². The Bertz CT molecular complexity index is 219. The van der Waals surface area contributed by atoms with Crippen molar-refractivity contribution >= 4 is 14.0 Å². The summed E-state index contributed by atoms with van der Waals surface area (Å²) in [5.41, 5.74) is 0. The van der Waals surface area contributed by atoms with Crippen molar-refractivity contribution in [3.63, 3.8) is 0 Å². The van der Waals surface area contributed by atoms with Crippen molar-refractivity contribution in [1.82, 2.24) is 0 Å². The van der Waals surface area contributed by atoms with Crippen LogP contribution in [-0.2, 0) is 9.36 Å². The van der Waals surface area contributed by atoms with E-state index in [0.29, 0.717) is 0 Å². The topological polar surface area (TPSA) is 97.7 Å². The molecular formula is C5H7O5P. The number of hydrogen-bond acceptors (Lipinski definition) is 4. The zero-order valence-corrected chi connectivity index (χ0v) is 6.67. The van der Waals surface area contributed by atoms with E-state index in [1.807, 2.05) is 0 Å². The van der Waals surface area contributed by atoms with Crippen molar-refractivity contribution < 1.29 is 24.5 Å². The highest BCUT2D eigenvalue weighted by Crippen LogP contribution is 2.27. The van der Waals surface area contributed by atoms with Gasteiger partial charge in [-0.3, -0.25) is 0 Å². The molecule has 0 aliphatic rings. The minimum absolute atomic E-state index is 0.0170. The molecule has 1 atom stereocenters. The van der Waals surface area contributed by atoms with Crippen molar-refractivity contribution in [2.75, 3.05) is 0 Å². The van der Waals surface area contributed by atoms with Crippen LogP contribution in [0.3, 0.4) is 0 Å². The molecule has 0 aliphatic carbocycles. The average molecular weight is 178 g/mol. The molecule has 0 aromatic heterocycles. The lowest BCUT2D eigenvalue weighted by molar-refractivity contribution is -0.162. The Kier molecular flexibility index (Phi) is 3.71. The fourth-order valence-corrected chi connectivity index (χ4v) is 1.03. The Morgan fingerprint density at radius 1 is 1.55 bits per heavy atom. The van der Waals surface area contributed by atoms with Crippen LogP contribution < -0.4 is 4.89 Å². The Balaban J connectivity index is 4.83. The van der Waals surface area contributed by atoms with E-state index >= 15 is 0 Å². The summed E-state index contributed by atoms with van der Waals surface area (Å²) in [5, 5.41) is 16.4. The molecule has 5 nitrogen and oxygen atoms in total. The van der Waals surface area contributed by atoms with E-state index in [4.69, 9.17) is 10.2 Å². The van der Waals surface area contributed by atoms with Gasteiger partial charge in [0.05, 0.1) is 0 Å². The molecule has 0 heterocycles. The Labute approximate surface area is 63.8 Å². The summed E-state index contributed by atoms with van der Waals surface area (Å²) in [4.78, 5) is 20.3. The number of aliphatic carboxylic acids is 1. The van der Waals surface area contributed by atoms with Crippen molar-refractivity contribution in [1.29, 1.82) is 0 Å². The number of aliphatic hydroxyl groups excluding tert-OH is 1. The minimum Gasteiger partial charge on any atom is -0.591 e. The fourth-order valence-electron chi connectivity index (χ4n) is 0.506. The van der Waals surface area contributed by atoms with Gasteiger partial charge in [-0.2, -0.15) is 0 Å². The van der Waals surface area contributed by atoms with Crippen LogP contribution in [0.1, 0.15) is 13.3 Å². The lowest BCUT2D eigenvalue weighted by Gasteiger charge is -1.94. The molecule has 0 aromatic carbocycles. The second kappa shape index (κ2) is 4.05. The molecule has 0 amide bonds. The van der Waals surface area contributed by atoms with E-state index in [1.165, 1.54) is 6.92 Å². The first-order chi connectivity index (χ1) is 5.00. The first-order valence-electron chi connectivity index (χ1n) is 2.80. The zero-order chi connectivity index (χ0) is 9.02. The van der Waals surface area contributed by atoms with Gasteiger partial charge in [0.15, 0.2) is 0 Å². The maximum atomic E-state index is 10.2. The van der Waals surface area contributed by atoms with Gasteiger partial charge in [0, 0.05) is 6.42 Å². The number of carboxylic acids is 1. The van der Waals surface area contributed by atoms with Crippen LogP contribution in [-0.4, -0.2) is 16.2 Å². The molecule has 0 radical (unpaired) electrons. The van der Waals surface area contributed by atoms with Gasteiger partial charge >= 0.3 is 14.0 Å². The molecule has 1 unspecified atom stereocenters. The summed E-state index contributed by atoms with van der Waals surface area (Å²) in [5.74, 6) is -2.72. The summed E-state index contributed by atoms with van der Waals surface area (Å²) < 4.78 is 10.2. The van der Waals surface area contributed by atoms with Gasteiger partial charge in [-0.15, -0.1) is 0 Å². The smallest absolute Gasteiger partial charge is 0.375 e. The van der Waals surface area contributed by atoms with Gasteiger partial charge in [-0.1, -0.05) is 11.5 Å². The number of carbonyl (C=O) groups is 1. The standard InChI is InChI=1S/C5H7O5P/c1-2-3(11(9)10)4(6)5(7)8/h6H,2H2,1H3,(H,7,8)/b4-3+. The summed E-state index contributed by atoms with van der Waals surface area (Å²) in [6.07, 6.45) is -0.0170. The van der Waals surface area contributed by atoms with Crippen LogP contribution in [0.25, 0.3) is 0 Å². The molecule has 0 saturated carbocycles. The molecule has 0 saturated heterocycles. The van der Waals surface area contributed by atoms with Gasteiger partial charge in [-0.05, 0) is 0 Å². The lowest BCUT2D eigenvalue weighted by atomic mass is 10.4. The third-order valence-electron chi connectivity index (χ3n) is 1.03. The summed E-state index contributed by atoms with van der Waals surface area (Å²) >= 11 is 0. The van der Waals surface area contributed by atoms with Gasteiger partial charge in [-0.25, -0.2) is 4.79 Å². The molecule has 2 N–H and O–H groups in total. The molecule has 0 rings (SSSR count). The average Bonchev–Trinajstić information content (AvgIpc) is 1.88. The molecule has 0 aromatic rings. The largest absolute Gasteiger partial charge is 0.591 e. The van der Waals surface area contributed by atoms with Crippen LogP contribution in [0.5, 0.6) is 0 Å². The summed E-state index contributed by atoms with van der Waals surface area (Å²) in [7, 11) is -2.99. The maximum Gasteiger partial charge on any atom is 0.375 e. The maximum absolute atomic E-state index is 10.2. The van der Waals surface area contributed by atoms with E-state index in [1.54, 1.807) is 0 Å². The normalized spacial score (nSPS) is 13.8. The van der Waals surface area contributed by atoms with E-state index in [2.05, 4.69) is 0 Å². The van der Waals surface area contributed by atoms with Crippen LogP contribution in [0.15, 0.2) is 11.1 Å². The molecule has 11 heavy (non-hydrogen) atoms. The highest BCUT2D eigenvalue weighted by molar-refractivity contribution is 7.41. The van der Waals surface area contributed by atoms with Crippen LogP contribution in [0.2, 0.25) is 0 Å². The minimum atomic E-state index is -2.99. The first kappa shape index (κ1) is 10.1. The Hall–Kier alpha value is -0.930.